The van der Waals surface area contributed by atoms with Gasteiger partial charge in [0.25, 0.3) is 0 Å². The first kappa shape index (κ1) is 12.4. The molecule has 0 unspecified atom stereocenters. The Morgan fingerprint density at radius 3 is 1.90 bits per heavy atom. The summed E-state index contributed by atoms with van der Waals surface area (Å²) in [6.07, 6.45) is 6.06. The first-order chi connectivity index (χ1) is 9.92. The molecule has 0 aliphatic heterocycles. The standard InChI is InChI=1S/C19H15N/c1-2-6-16(7-3-1)9-10-17-11-13-18(14-12-17)19-8-4-5-15-20-19/h1-15H/b10-9+. The van der Waals surface area contributed by atoms with E-state index >= 15 is 0 Å². The smallest absolute Gasteiger partial charge is 0.0701 e. The van der Waals surface area contributed by atoms with Gasteiger partial charge in [-0.25, -0.2) is 0 Å². The summed E-state index contributed by atoms with van der Waals surface area (Å²) in [5.41, 5.74) is 4.54. The Labute approximate surface area is 119 Å². The summed E-state index contributed by atoms with van der Waals surface area (Å²) < 4.78 is 0. The summed E-state index contributed by atoms with van der Waals surface area (Å²) >= 11 is 0. The molecule has 1 nitrogen and oxygen atoms in total. The Morgan fingerprint density at radius 1 is 0.600 bits per heavy atom. The molecular formula is C19H15N. The molecule has 0 aliphatic rings. The van der Waals surface area contributed by atoms with Crippen molar-refractivity contribution in [2.24, 2.45) is 0 Å². The van der Waals surface area contributed by atoms with Gasteiger partial charge in [-0.05, 0) is 23.3 Å². The third-order valence-corrected chi connectivity index (χ3v) is 3.14. The van der Waals surface area contributed by atoms with Gasteiger partial charge in [0.1, 0.15) is 0 Å². The van der Waals surface area contributed by atoms with E-state index in [0.717, 1.165) is 11.3 Å². The van der Waals surface area contributed by atoms with Crippen LogP contribution < -0.4 is 0 Å². The lowest BCUT2D eigenvalue weighted by Crippen LogP contribution is -1.81. The first-order valence-electron chi connectivity index (χ1n) is 6.66. The van der Waals surface area contributed by atoms with Gasteiger partial charge in [0, 0.05) is 11.8 Å². The monoisotopic (exact) mass is 257 g/mol. The van der Waals surface area contributed by atoms with Gasteiger partial charge in [-0.15, -0.1) is 0 Å². The number of pyridine rings is 1. The van der Waals surface area contributed by atoms with Crippen LogP contribution in [0.2, 0.25) is 0 Å². The molecule has 0 N–H and O–H groups in total. The van der Waals surface area contributed by atoms with Crippen molar-refractivity contribution in [2.45, 2.75) is 0 Å². The highest BCUT2D eigenvalue weighted by atomic mass is 14.7. The number of aromatic nitrogens is 1. The number of nitrogens with zero attached hydrogens (tertiary/aromatic N) is 1. The van der Waals surface area contributed by atoms with Gasteiger partial charge in [0.05, 0.1) is 5.69 Å². The van der Waals surface area contributed by atoms with E-state index in [1.54, 1.807) is 0 Å². The molecule has 3 aromatic rings. The Bertz CT molecular complexity index is 683. The lowest BCUT2D eigenvalue weighted by Gasteiger charge is -2.01. The second kappa shape index (κ2) is 5.98. The van der Waals surface area contributed by atoms with Gasteiger partial charge in [0.2, 0.25) is 0 Å². The fourth-order valence-electron chi connectivity index (χ4n) is 2.06. The highest BCUT2D eigenvalue weighted by Crippen LogP contribution is 2.18. The molecule has 96 valence electrons. The van der Waals surface area contributed by atoms with E-state index in [9.17, 15) is 0 Å². The zero-order valence-electron chi connectivity index (χ0n) is 11.1. The van der Waals surface area contributed by atoms with Crippen molar-refractivity contribution < 1.29 is 0 Å². The molecule has 0 spiro atoms. The average molecular weight is 257 g/mol. The molecule has 0 atom stereocenters. The SMILES string of the molecule is C(=C\c1ccc(-c2ccccn2)cc1)/c1ccccc1. The van der Waals surface area contributed by atoms with Crippen molar-refractivity contribution in [3.8, 4) is 11.3 Å². The highest BCUT2D eigenvalue weighted by molar-refractivity contribution is 5.71. The second-order valence-electron chi connectivity index (χ2n) is 4.58. The van der Waals surface area contributed by atoms with Crippen LogP contribution in [0, 0.1) is 0 Å². The van der Waals surface area contributed by atoms with Gasteiger partial charge < -0.3 is 0 Å². The molecule has 0 aliphatic carbocycles. The Hall–Kier alpha value is -2.67. The van der Waals surface area contributed by atoms with Gasteiger partial charge in [-0.2, -0.15) is 0 Å². The Morgan fingerprint density at radius 2 is 1.25 bits per heavy atom. The fourth-order valence-corrected chi connectivity index (χ4v) is 2.06. The van der Waals surface area contributed by atoms with E-state index in [4.69, 9.17) is 0 Å². The molecule has 0 amide bonds. The van der Waals surface area contributed by atoms with Crippen LogP contribution in [0.15, 0.2) is 79.0 Å². The van der Waals surface area contributed by atoms with Crippen LogP contribution in [-0.4, -0.2) is 4.98 Å². The molecule has 0 saturated heterocycles. The number of hydrogen-bond acceptors (Lipinski definition) is 1. The summed E-state index contributed by atoms with van der Waals surface area (Å²) in [5.74, 6) is 0. The lowest BCUT2D eigenvalue weighted by atomic mass is 10.1. The molecular weight excluding hydrogens is 242 g/mol. The normalized spacial score (nSPS) is 10.8. The van der Waals surface area contributed by atoms with Gasteiger partial charge in [-0.3, -0.25) is 4.98 Å². The number of benzene rings is 2. The minimum absolute atomic E-state index is 1.01. The number of rotatable bonds is 3. The van der Waals surface area contributed by atoms with Crippen molar-refractivity contribution in [3.05, 3.63) is 90.1 Å². The largest absolute Gasteiger partial charge is 0.256 e. The molecule has 20 heavy (non-hydrogen) atoms. The summed E-state index contributed by atoms with van der Waals surface area (Å²) in [5, 5.41) is 0. The maximum atomic E-state index is 4.35. The Balaban J connectivity index is 1.79. The van der Waals surface area contributed by atoms with Gasteiger partial charge >= 0.3 is 0 Å². The fraction of sp³-hybridized carbons (Fsp3) is 0. The summed E-state index contributed by atoms with van der Waals surface area (Å²) in [7, 11) is 0. The minimum Gasteiger partial charge on any atom is -0.256 e. The first-order valence-corrected chi connectivity index (χ1v) is 6.66. The van der Waals surface area contributed by atoms with E-state index in [1.807, 2.05) is 42.6 Å². The quantitative estimate of drug-likeness (QED) is 0.607. The van der Waals surface area contributed by atoms with Crippen LogP contribution in [0.4, 0.5) is 0 Å². The van der Waals surface area contributed by atoms with Crippen LogP contribution in [0.5, 0.6) is 0 Å². The van der Waals surface area contributed by atoms with Crippen LogP contribution in [0.25, 0.3) is 23.4 Å². The minimum atomic E-state index is 1.01. The van der Waals surface area contributed by atoms with Crippen molar-refractivity contribution in [1.82, 2.24) is 4.98 Å². The summed E-state index contributed by atoms with van der Waals surface area (Å²) in [4.78, 5) is 4.35. The van der Waals surface area contributed by atoms with Gasteiger partial charge in [0.15, 0.2) is 0 Å². The predicted molar refractivity (Wildman–Crippen MR) is 85.0 cm³/mol. The molecule has 1 heteroatoms. The maximum absolute atomic E-state index is 4.35. The molecule has 0 radical (unpaired) electrons. The highest BCUT2D eigenvalue weighted by Gasteiger charge is 1.96. The molecule has 0 fully saturated rings. The van der Waals surface area contributed by atoms with Crippen LogP contribution in [-0.2, 0) is 0 Å². The maximum Gasteiger partial charge on any atom is 0.0701 e. The van der Waals surface area contributed by atoms with E-state index in [0.29, 0.717) is 0 Å². The van der Waals surface area contributed by atoms with E-state index in [2.05, 4.69) is 53.5 Å². The van der Waals surface area contributed by atoms with Crippen LogP contribution >= 0.6 is 0 Å². The summed E-state index contributed by atoms with van der Waals surface area (Å²) in [6, 6.07) is 24.7. The molecule has 1 aromatic heterocycles. The molecule has 3 rings (SSSR count). The molecule has 0 bridgehead atoms. The van der Waals surface area contributed by atoms with E-state index < -0.39 is 0 Å². The molecule has 2 aromatic carbocycles. The third kappa shape index (κ3) is 3.01. The zero-order chi connectivity index (χ0) is 13.6. The summed E-state index contributed by atoms with van der Waals surface area (Å²) in [6.45, 7) is 0. The Kier molecular flexibility index (Phi) is 3.70. The topological polar surface area (TPSA) is 12.9 Å². The van der Waals surface area contributed by atoms with Crippen molar-refractivity contribution in [3.63, 3.8) is 0 Å². The van der Waals surface area contributed by atoms with E-state index in [-0.39, 0.29) is 0 Å². The van der Waals surface area contributed by atoms with Crippen molar-refractivity contribution in [1.29, 1.82) is 0 Å². The molecule has 0 saturated carbocycles. The second-order valence-corrected chi connectivity index (χ2v) is 4.58. The van der Waals surface area contributed by atoms with Gasteiger partial charge in [-0.1, -0.05) is 72.8 Å². The predicted octanol–water partition coefficient (Wildman–Crippen LogP) is 4.92. The zero-order valence-corrected chi connectivity index (χ0v) is 11.1. The van der Waals surface area contributed by atoms with Crippen molar-refractivity contribution >= 4 is 12.2 Å². The number of hydrogen-bond donors (Lipinski definition) is 0. The van der Waals surface area contributed by atoms with E-state index in [1.165, 1.54) is 11.1 Å². The van der Waals surface area contributed by atoms with Crippen LogP contribution in [0.1, 0.15) is 11.1 Å². The molecule has 1 heterocycles. The van der Waals surface area contributed by atoms with Crippen molar-refractivity contribution in [2.75, 3.05) is 0 Å². The lowest BCUT2D eigenvalue weighted by molar-refractivity contribution is 1.33. The third-order valence-electron chi connectivity index (χ3n) is 3.14. The van der Waals surface area contributed by atoms with Crippen LogP contribution in [0.3, 0.4) is 0 Å². The average Bonchev–Trinajstić information content (AvgIpc) is 2.55.